The van der Waals surface area contributed by atoms with Gasteiger partial charge in [-0.05, 0) is 55.3 Å². The van der Waals surface area contributed by atoms with Crippen LogP contribution in [0.4, 0.5) is 0 Å². The third kappa shape index (κ3) is 4.02. The molecular weight excluding hydrogens is 378 g/mol. The number of allylic oxidation sites excluding steroid dienone is 9. The lowest BCUT2D eigenvalue weighted by Gasteiger charge is -2.25. The minimum Gasteiger partial charge on any atom is -0.377 e. The molecule has 1 unspecified atom stereocenters. The Kier molecular flexibility index (Phi) is 5.74. The second-order valence-electron chi connectivity index (χ2n) is 7.18. The Morgan fingerprint density at radius 3 is 3.07 bits per heavy atom. The predicted molar refractivity (Wildman–Crippen MR) is 115 cm³/mol. The third-order valence-corrected chi connectivity index (χ3v) is 6.22. The van der Waals surface area contributed by atoms with Crippen molar-refractivity contribution in [3.63, 3.8) is 0 Å². The highest BCUT2D eigenvalue weighted by Crippen LogP contribution is 2.48. The summed E-state index contributed by atoms with van der Waals surface area (Å²) in [5.41, 5.74) is 6.02. The number of nitrogens with zero attached hydrogens (tertiary/aromatic N) is 2. The van der Waals surface area contributed by atoms with Crippen molar-refractivity contribution in [3.05, 3.63) is 67.6 Å². The van der Waals surface area contributed by atoms with Crippen LogP contribution < -0.4 is 5.32 Å². The first kappa shape index (κ1) is 18.8. The molecule has 142 valence electrons. The van der Waals surface area contributed by atoms with Gasteiger partial charge in [-0.25, -0.2) is 0 Å². The molecule has 1 N–H and O–H groups in total. The molecule has 0 radical (unpaired) electrons. The molecule has 2 aliphatic heterocycles. The number of halogens is 1. The summed E-state index contributed by atoms with van der Waals surface area (Å²) in [7, 11) is 4.15. The van der Waals surface area contributed by atoms with E-state index in [0.717, 1.165) is 42.3 Å². The monoisotopic (exact) mass is 401 g/mol. The van der Waals surface area contributed by atoms with Gasteiger partial charge in [0.15, 0.2) is 0 Å². The average molecular weight is 402 g/mol. The van der Waals surface area contributed by atoms with Gasteiger partial charge in [-0.3, -0.25) is 4.99 Å². The van der Waals surface area contributed by atoms with Gasteiger partial charge in [-0.2, -0.15) is 0 Å². The zero-order valence-electron chi connectivity index (χ0n) is 15.7. The summed E-state index contributed by atoms with van der Waals surface area (Å²) in [6.07, 6.45) is 12.2. The first-order chi connectivity index (χ1) is 13.1. The smallest absolute Gasteiger partial charge is 0.142 e. The SMILES string of the molecule is CN(C)CCCOCC1N=CC2=C(Cl)C=CC3=C4SC=CC=C4CC3=C2N1. The largest absolute Gasteiger partial charge is 0.377 e. The van der Waals surface area contributed by atoms with Crippen molar-refractivity contribution in [1.29, 1.82) is 0 Å². The van der Waals surface area contributed by atoms with Crippen molar-refractivity contribution >= 4 is 29.6 Å². The third-order valence-electron chi connectivity index (χ3n) is 4.88. The topological polar surface area (TPSA) is 36.9 Å². The molecule has 0 saturated heterocycles. The zero-order valence-corrected chi connectivity index (χ0v) is 17.2. The maximum absolute atomic E-state index is 6.54. The number of hydrogen-bond donors (Lipinski definition) is 1. The predicted octanol–water partition coefficient (Wildman–Crippen LogP) is 4.12. The van der Waals surface area contributed by atoms with E-state index < -0.39 is 0 Å². The van der Waals surface area contributed by atoms with E-state index in [4.69, 9.17) is 16.3 Å². The van der Waals surface area contributed by atoms with Crippen molar-refractivity contribution < 1.29 is 4.74 Å². The van der Waals surface area contributed by atoms with E-state index >= 15 is 0 Å². The molecule has 0 saturated carbocycles. The Bertz CT molecular complexity index is 845. The normalized spacial score (nSPS) is 23.4. The van der Waals surface area contributed by atoms with Gasteiger partial charge in [0.25, 0.3) is 0 Å². The Labute approximate surface area is 170 Å². The molecule has 1 atom stereocenters. The molecule has 0 bridgehead atoms. The fraction of sp³-hybridized carbons (Fsp3) is 0.381. The van der Waals surface area contributed by atoms with Gasteiger partial charge in [0.1, 0.15) is 6.17 Å². The number of ether oxygens (including phenoxy) is 1. The first-order valence-corrected chi connectivity index (χ1v) is 10.5. The molecule has 4 rings (SSSR count). The van der Waals surface area contributed by atoms with Crippen LogP contribution in [0.15, 0.2) is 72.6 Å². The second kappa shape index (κ2) is 8.23. The van der Waals surface area contributed by atoms with E-state index in [-0.39, 0.29) is 6.17 Å². The van der Waals surface area contributed by atoms with Gasteiger partial charge in [0.2, 0.25) is 0 Å². The van der Waals surface area contributed by atoms with Gasteiger partial charge >= 0.3 is 0 Å². The number of fused-ring (bicyclic) bond motifs is 3. The molecule has 0 aromatic rings. The van der Waals surface area contributed by atoms with E-state index in [1.807, 2.05) is 12.3 Å². The summed E-state index contributed by atoms with van der Waals surface area (Å²) < 4.78 is 5.84. The van der Waals surface area contributed by atoms with Gasteiger partial charge < -0.3 is 15.0 Å². The van der Waals surface area contributed by atoms with E-state index in [1.54, 1.807) is 11.8 Å². The highest BCUT2D eigenvalue weighted by Gasteiger charge is 2.31. The van der Waals surface area contributed by atoms with E-state index in [9.17, 15) is 0 Å². The fourth-order valence-electron chi connectivity index (χ4n) is 3.56. The van der Waals surface area contributed by atoms with E-state index in [0.29, 0.717) is 6.61 Å². The van der Waals surface area contributed by atoms with Crippen molar-refractivity contribution in [2.45, 2.75) is 19.0 Å². The van der Waals surface area contributed by atoms with E-state index in [2.05, 4.69) is 52.9 Å². The lowest BCUT2D eigenvalue weighted by atomic mass is 10.0. The van der Waals surface area contributed by atoms with Gasteiger partial charge in [-0.1, -0.05) is 41.6 Å². The fourth-order valence-corrected chi connectivity index (χ4v) is 4.67. The van der Waals surface area contributed by atoms with E-state index in [1.165, 1.54) is 21.6 Å². The van der Waals surface area contributed by atoms with Gasteiger partial charge in [-0.15, -0.1) is 0 Å². The van der Waals surface area contributed by atoms with Crippen LogP contribution in [0, 0.1) is 0 Å². The first-order valence-electron chi connectivity index (χ1n) is 9.24. The maximum Gasteiger partial charge on any atom is 0.142 e. The van der Waals surface area contributed by atoms with Crippen LogP contribution in [-0.2, 0) is 4.74 Å². The molecule has 27 heavy (non-hydrogen) atoms. The summed E-state index contributed by atoms with van der Waals surface area (Å²) in [6.45, 7) is 2.33. The molecule has 0 fully saturated rings. The van der Waals surface area contributed by atoms with Crippen LogP contribution >= 0.6 is 23.4 Å². The summed E-state index contributed by atoms with van der Waals surface area (Å²) in [5, 5.41) is 6.44. The van der Waals surface area contributed by atoms with Crippen LogP contribution in [0.1, 0.15) is 12.8 Å². The maximum atomic E-state index is 6.54. The van der Waals surface area contributed by atoms with Crippen molar-refractivity contribution in [1.82, 2.24) is 10.2 Å². The molecule has 0 aromatic heterocycles. The summed E-state index contributed by atoms with van der Waals surface area (Å²) in [6, 6.07) is 0. The lowest BCUT2D eigenvalue weighted by molar-refractivity contribution is 0.109. The lowest BCUT2D eigenvalue weighted by Crippen LogP contribution is -2.36. The zero-order chi connectivity index (χ0) is 18.8. The van der Waals surface area contributed by atoms with Crippen LogP contribution in [0.2, 0.25) is 0 Å². The Morgan fingerprint density at radius 1 is 1.33 bits per heavy atom. The molecule has 2 heterocycles. The van der Waals surface area contributed by atoms with Crippen LogP contribution in [0.25, 0.3) is 0 Å². The molecule has 4 nitrogen and oxygen atoms in total. The molecule has 6 heteroatoms. The Morgan fingerprint density at radius 2 is 2.22 bits per heavy atom. The quantitative estimate of drug-likeness (QED) is 0.679. The molecule has 0 aromatic carbocycles. The summed E-state index contributed by atoms with van der Waals surface area (Å²) >= 11 is 8.32. The molecule has 0 amide bonds. The van der Waals surface area contributed by atoms with Crippen molar-refractivity contribution in [3.8, 4) is 0 Å². The highest BCUT2D eigenvalue weighted by molar-refractivity contribution is 8.06. The molecular formula is C21H24ClN3OS. The minimum absolute atomic E-state index is 0.0770. The number of rotatable bonds is 6. The number of nitrogens with one attached hydrogen (secondary N) is 1. The molecule has 2 aliphatic carbocycles. The van der Waals surface area contributed by atoms with Crippen molar-refractivity contribution in [2.75, 3.05) is 33.9 Å². The average Bonchev–Trinajstić information content (AvgIpc) is 2.97. The number of thioether (sulfide) groups is 1. The van der Waals surface area contributed by atoms with Crippen molar-refractivity contribution in [2.24, 2.45) is 4.99 Å². The Balaban J connectivity index is 1.53. The standard InChI is InChI=1S/C21H24ClN3OS/c1-25(2)8-4-9-26-13-19-23-12-17-18(22)7-6-15-16(20(17)24-19)11-14-5-3-10-27-21(14)15/h3,5-7,10,12,19,24H,4,8-9,11,13H2,1-2H3. The molecule has 4 aliphatic rings. The summed E-state index contributed by atoms with van der Waals surface area (Å²) in [4.78, 5) is 8.12. The highest BCUT2D eigenvalue weighted by atomic mass is 35.5. The number of aliphatic imine (C=N–C) groups is 1. The molecule has 0 spiro atoms. The van der Waals surface area contributed by atoms with Crippen LogP contribution in [-0.4, -0.2) is 51.1 Å². The van der Waals surface area contributed by atoms with Gasteiger partial charge in [0.05, 0.1) is 17.3 Å². The van der Waals surface area contributed by atoms with Gasteiger partial charge in [0, 0.05) is 29.7 Å². The van der Waals surface area contributed by atoms with Crippen LogP contribution in [0.5, 0.6) is 0 Å². The Hall–Kier alpha value is -1.53. The second-order valence-corrected chi connectivity index (χ2v) is 8.50. The number of hydrogen-bond acceptors (Lipinski definition) is 5. The minimum atomic E-state index is -0.0770. The van der Waals surface area contributed by atoms with Crippen LogP contribution in [0.3, 0.4) is 0 Å². The summed E-state index contributed by atoms with van der Waals surface area (Å²) in [5.74, 6) is 0.